The Morgan fingerprint density at radius 1 is 1.00 bits per heavy atom. The van der Waals surface area contributed by atoms with E-state index < -0.39 is 0 Å². The van der Waals surface area contributed by atoms with E-state index in [0.717, 1.165) is 19.5 Å². The Kier molecular flexibility index (Phi) is 5.20. The van der Waals surface area contributed by atoms with Gasteiger partial charge in [-0.05, 0) is 55.3 Å². The van der Waals surface area contributed by atoms with Crippen LogP contribution in [0.3, 0.4) is 0 Å². The predicted octanol–water partition coefficient (Wildman–Crippen LogP) is 4.19. The molecule has 1 spiro atoms. The Labute approximate surface area is 155 Å². The standard InChI is InChI=1S/C21H29N3S/c1-2-18-4-6-19(7-5-18)14-24-12-9-21(17-24)8-3-11-23(16-21)15-20-22-10-13-25-20/h4-7,10,13H,2-3,8-9,11-12,14-17H2,1H3/t21-/m0/s1. The van der Waals surface area contributed by atoms with E-state index in [9.17, 15) is 0 Å². The summed E-state index contributed by atoms with van der Waals surface area (Å²) in [6.07, 6.45) is 7.15. The van der Waals surface area contributed by atoms with Gasteiger partial charge in [0.2, 0.25) is 0 Å². The number of likely N-dealkylation sites (tertiary alicyclic amines) is 2. The molecule has 1 aromatic heterocycles. The van der Waals surface area contributed by atoms with E-state index in [1.807, 2.05) is 6.20 Å². The zero-order valence-electron chi connectivity index (χ0n) is 15.3. The van der Waals surface area contributed by atoms with Crippen molar-refractivity contribution in [2.45, 2.75) is 45.7 Å². The molecule has 0 unspecified atom stereocenters. The number of hydrogen-bond acceptors (Lipinski definition) is 4. The first-order chi connectivity index (χ1) is 12.2. The zero-order valence-corrected chi connectivity index (χ0v) is 16.1. The highest BCUT2D eigenvalue weighted by atomic mass is 32.1. The van der Waals surface area contributed by atoms with Gasteiger partial charge in [0.05, 0.1) is 6.54 Å². The number of aryl methyl sites for hydroxylation is 1. The molecule has 25 heavy (non-hydrogen) atoms. The Bertz CT molecular complexity index is 667. The molecule has 1 aromatic carbocycles. The van der Waals surface area contributed by atoms with E-state index in [-0.39, 0.29) is 0 Å². The Hall–Kier alpha value is -1.23. The number of thiazole rings is 1. The average molecular weight is 356 g/mol. The SMILES string of the molecule is CCc1ccc(CN2CC[C@]3(CCCN(Cc4nccs4)C3)C2)cc1. The van der Waals surface area contributed by atoms with Gasteiger partial charge in [-0.25, -0.2) is 4.98 Å². The van der Waals surface area contributed by atoms with Crippen molar-refractivity contribution >= 4 is 11.3 Å². The third kappa shape index (κ3) is 4.13. The van der Waals surface area contributed by atoms with Crippen LogP contribution >= 0.6 is 11.3 Å². The van der Waals surface area contributed by atoms with E-state index in [1.165, 1.54) is 61.6 Å². The van der Waals surface area contributed by atoms with Crippen LogP contribution in [0.5, 0.6) is 0 Å². The summed E-state index contributed by atoms with van der Waals surface area (Å²) in [4.78, 5) is 9.79. The van der Waals surface area contributed by atoms with Crippen LogP contribution in [0.4, 0.5) is 0 Å². The molecule has 0 amide bonds. The van der Waals surface area contributed by atoms with Gasteiger partial charge in [-0.2, -0.15) is 0 Å². The van der Waals surface area contributed by atoms with E-state index >= 15 is 0 Å². The van der Waals surface area contributed by atoms with Crippen LogP contribution in [0.15, 0.2) is 35.8 Å². The van der Waals surface area contributed by atoms with Gasteiger partial charge in [0.1, 0.15) is 5.01 Å². The van der Waals surface area contributed by atoms with Gasteiger partial charge in [0.25, 0.3) is 0 Å². The monoisotopic (exact) mass is 355 g/mol. The Balaban J connectivity index is 1.35. The van der Waals surface area contributed by atoms with Crippen LogP contribution in [0.1, 0.15) is 42.3 Å². The first kappa shape index (κ1) is 17.2. The molecule has 0 radical (unpaired) electrons. The third-order valence-corrected chi connectivity index (χ3v) is 6.70. The summed E-state index contributed by atoms with van der Waals surface area (Å²) in [6.45, 7) is 9.37. The summed E-state index contributed by atoms with van der Waals surface area (Å²) in [5, 5.41) is 3.36. The highest BCUT2D eigenvalue weighted by Gasteiger charge is 2.41. The lowest BCUT2D eigenvalue weighted by atomic mass is 9.79. The van der Waals surface area contributed by atoms with Crippen molar-refractivity contribution in [2.75, 3.05) is 26.2 Å². The minimum absolute atomic E-state index is 0.513. The van der Waals surface area contributed by atoms with Crippen LogP contribution in [-0.2, 0) is 19.5 Å². The predicted molar refractivity (Wildman–Crippen MR) is 105 cm³/mol. The average Bonchev–Trinajstić information content (AvgIpc) is 3.26. The zero-order chi connectivity index (χ0) is 17.1. The second kappa shape index (κ2) is 7.56. The van der Waals surface area contributed by atoms with Gasteiger partial charge < -0.3 is 0 Å². The molecular weight excluding hydrogens is 326 g/mol. The Morgan fingerprint density at radius 2 is 1.76 bits per heavy atom. The van der Waals surface area contributed by atoms with Crippen molar-refractivity contribution in [3.8, 4) is 0 Å². The van der Waals surface area contributed by atoms with Crippen molar-refractivity contribution in [3.63, 3.8) is 0 Å². The Morgan fingerprint density at radius 3 is 2.48 bits per heavy atom. The van der Waals surface area contributed by atoms with Crippen molar-refractivity contribution in [1.29, 1.82) is 0 Å². The van der Waals surface area contributed by atoms with Crippen LogP contribution in [0.2, 0.25) is 0 Å². The molecular formula is C21H29N3S. The van der Waals surface area contributed by atoms with Gasteiger partial charge in [-0.1, -0.05) is 31.2 Å². The molecule has 2 saturated heterocycles. The molecule has 0 saturated carbocycles. The molecule has 4 heteroatoms. The lowest BCUT2D eigenvalue weighted by Crippen LogP contribution is -2.44. The number of benzene rings is 1. The molecule has 2 aromatic rings. The molecule has 3 heterocycles. The number of hydrogen-bond donors (Lipinski definition) is 0. The van der Waals surface area contributed by atoms with Crippen molar-refractivity contribution in [3.05, 3.63) is 52.0 Å². The van der Waals surface area contributed by atoms with Crippen LogP contribution in [0.25, 0.3) is 0 Å². The third-order valence-electron chi connectivity index (χ3n) is 5.94. The minimum Gasteiger partial charge on any atom is -0.298 e. The lowest BCUT2D eigenvalue weighted by molar-refractivity contribution is 0.0865. The van der Waals surface area contributed by atoms with Gasteiger partial charge in [0, 0.05) is 31.2 Å². The summed E-state index contributed by atoms with van der Waals surface area (Å²) < 4.78 is 0. The van der Waals surface area contributed by atoms with E-state index in [2.05, 4.69) is 51.4 Å². The van der Waals surface area contributed by atoms with Gasteiger partial charge >= 0.3 is 0 Å². The topological polar surface area (TPSA) is 19.4 Å². The smallest absolute Gasteiger partial charge is 0.107 e. The summed E-state index contributed by atoms with van der Waals surface area (Å²) in [6, 6.07) is 9.22. The fourth-order valence-electron chi connectivity index (χ4n) is 4.60. The van der Waals surface area contributed by atoms with Gasteiger partial charge in [-0.15, -0.1) is 11.3 Å². The summed E-state index contributed by atoms with van der Waals surface area (Å²) >= 11 is 1.79. The largest absolute Gasteiger partial charge is 0.298 e. The highest BCUT2D eigenvalue weighted by molar-refractivity contribution is 7.09. The molecule has 2 aliphatic rings. The van der Waals surface area contributed by atoms with Crippen molar-refractivity contribution in [1.82, 2.24) is 14.8 Å². The first-order valence-corrected chi connectivity index (χ1v) is 10.5. The lowest BCUT2D eigenvalue weighted by Gasteiger charge is -2.40. The second-order valence-electron chi connectivity index (χ2n) is 7.87. The van der Waals surface area contributed by atoms with Crippen LogP contribution < -0.4 is 0 Å². The van der Waals surface area contributed by atoms with E-state index in [1.54, 1.807) is 11.3 Å². The van der Waals surface area contributed by atoms with Gasteiger partial charge in [0.15, 0.2) is 0 Å². The molecule has 3 nitrogen and oxygen atoms in total. The van der Waals surface area contributed by atoms with E-state index in [4.69, 9.17) is 0 Å². The molecule has 0 bridgehead atoms. The fourth-order valence-corrected chi connectivity index (χ4v) is 5.26. The highest BCUT2D eigenvalue weighted by Crippen LogP contribution is 2.39. The summed E-state index contributed by atoms with van der Waals surface area (Å²) in [5.41, 5.74) is 3.41. The molecule has 2 fully saturated rings. The van der Waals surface area contributed by atoms with E-state index in [0.29, 0.717) is 5.41 Å². The minimum atomic E-state index is 0.513. The molecule has 2 aliphatic heterocycles. The maximum absolute atomic E-state index is 4.48. The molecule has 4 rings (SSSR count). The maximum Gasteiger partial charge on any atom is 0.107 e. The second-order valence-corrected chi connectivity index (χ2v) is 8.85. The molecule has 0 aliphatic carbocycles. The summed E-state index contributed by atoms with van der Waals surface area (Å²) in [7, 11) is 0. The molecule has 1 atom stereocenters. The van der Waals surface area contributed by atoms with Crippen molar-refractivity contribution < 1.29 is 0 Å². The summed E-state index contributed by atoms with van der Waals surface area (Å²) in [5.74, 6) is 0. The van der Waals surface area contributed by atoms with Crippen LogP contribution in [0, 0.1) is 5.41 Å². The van der Waals surface area contributed by atoms with Gasteiger partial charge in [-0.3, -0.25) is 9.80 Å². The number of piperidine rings is 1. The normalized spacial score (nSPS) is 25.0. The quantitative estimate of drug-likeness (QED) is 0.801. The van der Waals surface area contributed by atoms with Crippen molar-refractivity contribution in [2.24, 2.45) is 5.41 Å². The number of rotatable bonds is 5. The maximum atomic E-state index is 4.48. The fraction of sp³-hybridized carbons (Fsp3) is 0.571. The van der Waals surface area contributed by atoms with Crippen LogP contribution in [-0.4, -0.2) is 41.0 Å². The number of aromatic nitrogens is 1. The molecule has 134 valence electrons. The first-order valence-electron chi connectivity index (χ1n) is 9.66. The number of nitrogens with zero attached hydrogens (tertiary/aromatic N) is 3. The molecule has 0 N–H and O–H groups in total.